The number of allylic oxidation sites excluding steroid dienone is 2. The molecule has 0 aromatic heterocycles. The summed E-state index contributed by atoms with van der Waals surface area (Å²) in [6, 6.07) is 0. The van der Waals surface area contributed by atoms with Crippen molar-refractivity contribution in [2.45, 2.75) is 37.9 Å². The van der Waals surface area contributed by atoms with Crippen LogP contribution in [0.4, 0.5) is 0 Å². The normalized spacial score (nSPS) is 26.9. The third-order valence-electron chi connectivity index (χ3n) is 2.14. The minimum absolute atomic E-state index is 0.725. The second-order valence-corrected chi connectivity index (χ2v) is 10.3. The SMILES string of the molecule is C[Si](C)(Cl)C1C=CCCC1. The van der Waals surface area contributed by atoms with Crippen molar-refractivity contribution in [2.75, 3.05) is 0 Å². The van der Waals surface area contributed by atoms with E-state index in [-0.39, 0.29) is 0 Å². The summed E-state index contributed by atoms with van der Waals surface area (Å²) in [5.41, 5.74) is 0.725. The molecule has 1 aliphatic carbocycles. The van der Waals surface area contributed by atoms with Gasteiger partial charge in [0.1, 0.15) is 0 Å². The third kappa shape index (κ3) is 2.13. The Morgan fingerprint density at radius 1 is 1.50 bits per heavy atom. The molecule has 0 aromatic rings. The van der Waals surface area contributed by atoms with Crippen LogP contribution in [0.1, 0.15) is 19.3 Å². The van der Waals surface area contributed by atoms with Crippen molar-refractivity contribution in [3.8, 4) is 0 Å². The van der Waals surface area contributed by atoms with Crippen LogP contribution < -0.4 is 0 Å². The molecule has 0 radical (unpaired) electrons. The van der Waals surface area contributed by atoms with E-state index in [4.69, 9.17) is 11.1 Å². The molecular formula is C8H15ClSi. The van der Waals surface area contributed by atoms with Gasteiger partial charge in [0, 0.05) is 0 Å². The molecule has 0 bridgehead atoms. The second-order valence-electron chi connectivity index (χ2n) is 3.53. The van der Waals surface area contributed by atoms with Crippen LogP contribution in [0.2, 0.25) is 18.6 Å². The summed E-state index contributed by atoms with van der Waals surface area (Å²) in [7, 11) is -1.37. The van der Waals surface area contributed by atoms with Gasteiger partial charge in [-0.1, -0.05) is 25.2 Å². The van der Waals surface area contributed by atoms with Crippen molar-refractivity contribution in [3.05, 3.63) is 12.2 Å². The summed E-state index contributed by atoms with van der Waals surface area (Å²) in [5.74, 6) is 0. The van der Waals surface area contributed by atoms with Crippen molar-refractivity contribution in [1.82, 2.24) is 0 Å². The molecule has 1 atom stereocenters. The van der Waals surface area contributed by atoms with Gasteiger partial charge in [-0.15, -0.1) is 0 Å². The molecule has 1 aliphatic rings. The van der Waals surface area contributed by atoms with Crippen LogP contribution in [0, 0.1) is 0 Å². The van der Waals surface area contributed by atoms with Crippen molar-refractivity contribution in [1.29, 1.82) is 0 Å². The largest absolute Gasteiger partial charge is 0.167 e. The lowest BCUT2D eigenvalue weighted by Gasteiger charge is -2.25. The van der Waals surface area contributed by atoms with Crippen LogP contribution in [-0.4, -0.2) is 7.38 Å². The van der Waals surface area contributed by atoms with E-state index in [9.17, 15) is 0 Å². The summed E-state index contributed by atoms with van der Waals surface area (Å²) in [6.45, 7) is 4.46. The Hall–Kier alpha value is 0.247. The van der Waals surface area contributed by atoms with Gasteiger partial charge in [-0.3, -0.25) is 0 Å². The Kier molecular flexibility index (Phi) is 2.59. The summed E-state index contributed by atoms with van der Waals surface area (Å²) >= 11 is 6.30. The van der Waals surface area contributed by atoms with E-state index >= 15 is 0 Å². The van der Waals surface area contributed by atoms with E-state index < -0.39 is 7.38 Å². The molecule has 0 aliphatic heterocycles. The van der Waals surface area contributed by atoms with Gasteiger partial charge in [-0.25, -0.2) is 0 Å². The Morgan fingerprint density at radius 2 is 2.20 bits per heavy atom. The first-order chi connectivity index (χ1) is 4.61. The Balaban J connectivity index is 2.55. The molecule has 1 unspecified atom stereocenters. The molecule has 1 rings (SSSR count). The van der Waals surface area contributed by atoms with E-state index in [2.05, 4.69) is 25.2 Å². The molecule has 10 heavy (non-hydrogen) atoms. The highest BCUT2D eigenvalue weighted by molar-refractivity contribution is 7.20. The first-order valence-corrected chi connectivity index (χ1v) is 8.05. The standard InChI is InChI=1S/C8H15ClSi/c1-10(2,9)8-6-4-3-5-7-8/h4,6,8H,3,5,7H2,1-2H3. The first-order valence-electron chi connectivity index (χ1n) is 3.96. The molecular weight excluding hydrogens is 160 g/mol. The van der Waals surface area contributed by atoms with Crippen LogP contribution in [0.25, 0.3) is 0 Å². The topological polar surface area (TPSA) is 0 Å². The Bertz CT molecular complexity index is 135. The number of halogens is 1. The quantitative estimate of drug-likeness (QED) is 0.324. The van der Waals surface area contributed by atoms with Crippen LogP contribution in [0.5, 0.6) is 0 Å². The molecule has 0 aromatic carbocycles. The highest BCUT2D eigenvalue weighted by Gasteiger charge is 2.28. The lowest BCUT2D eigenvalue weighted by Crippen LogP contribution is -2.24. The Labute approximate surface area is 69.0 Å². The molecule has 0 saturated heterocycles. The summed E-state index contributed by atoms with van der Waals surface area (Å²) in [5, 5.41) is 0. The van der Waals surface area contributed by atoms with Gasteiger partial charge >= 0.3 is 0 Å². The van der Waals surface area contributed by atoms with E-state index in [1.54, 1.807) is 0 Å². The zero-order valence-corrected chi connectivity index (χ0v) is 8.49. The number of hydrogen-bond donors (Lipinski definition) is 0. The van der Waals surface area contributed by atoms with Crippen LogP contribution in [0.3, 0.4) is 0 Å². The Morgan fingerprint density at radius 3 is 2.50 bits per heavy atom. The average Bonchev–Trinajstić information content (AvgIpc) is 1.88. The van der Waals surface area contributed by atoms with Crippen LogP contribution in [-0.2, 0) is 0 Å². The van der Waals surface area contributed by atoms with Crippen molar-refractivity contribution in [2.24, 2.45) is 0 Å². The fourth-order valence-electron chi connectivity index (χ4n) is 1.38. The van der Waals surface area contributed by atoms with E-state index in [0.29, 0.717) is 0 Å². The third-order valence-corrected chi connectivity index (χ3v) is 5.22. The molecule has 58 valence electrons. The van der Waals surface area contributed by atoms with E-state index in [1.807, 2.05) is 0 Å². The van der Waals surface area contributed by atoms with Gasteiger partial charge in [-0.2, -0.15) is 11.1 Å². The predicted molar refractivity (Wildman–Crippen MR) is 50.1 cm³/mol. The fraction of sp³-hybridized carbons (Fsp3) is 0.750. The monoisotopic (exact) mass is 174 g/mol. The zero-order chi connectivity index (χ0) is 7.61. The molecule has 0 fully saturated rings. The maximum atomic E-state index is 6.30. The van der Waals surface area contributed by atoms with Crippen molar-refractivity contribution < 1.29 is 0 Å². The lowest BCUT2D eigenvalue weighted by molar-refractivity contribution is 0.717. The predicted octanol–water partition coefficient (Wildman–Crippen LogP) is 3.54. The van der Waals surface area contributed by atoms with Gasteiger partial charge in [0.2, 0.25) is 0 Å². The minimum atomic E-state index is -1.37. The molecule has 0 heterocycles. The summed E-state index contributed by atoms with van der Waals surface area (Å²) in [6.07, 6.45) is 8.52. The van der Waals surface area contributed by atoms with Crippen molar-refractivity contribution >= 4 is 18.5 Å². The minimum Gasteiger partial charge on any atom is -0.167 e. The molecule has 0 saturated carbocycles. The van der Waals surface area contributed by atoms with Crippen molar-refractivity contribution in [3.63, 3.8) is 0 Å². The number of rotatable bonds is 1. The van der Waals surface area contributed by atoms with Gasteiger partial charge in [0.15, 0.2) is 7.38 Å². The summed E-state index contributed by atoms with van der Waals surface area (Å²) in [4.78, 5) is 0. The van der Waals surface area contributed by atoms with Gasteiger partial charge < -0.3 is 0 Å². The molecule has 2 heteroatoms. The van der Waals surface area contributed by atoms with E-state index in [1.165, 1.54) is 19.3 Å². The van der Waals surface area contributed by atoms with E-state index in [0.717, 1.165) is 5.54 Å². The smallest absolute Gasteiger partial charge is 0.157 e. The molecule has 0 nitrogen and oxygen atoms in total. The van der Waals surface area contributed by atoms with Crippen LogP contribution in [0.15, 0.2) is 12.2 Å². The molecule has 0 spiro atoms. The maximum Gasteiger partial charge on any atom is 0.157 e. The highest BCUT2D eigenvalue weighted by atomic mass is 35.6. The lowest BCUT2D eigenvalue weighted by atomic mass is 10.1. The first kappa shape index (κ1) is 8.34. The molecule has 0 amide bonds. The molecule has 0 N–H and O–H groups in total. The number of hydrogen-bond acceptors (Lipinski definition) is 0. The zero-order valence-electron chi connectivity index (χ0n) is 6.73. The fourth-order valence-corrected chi connectivity index (χ4v) is 3.41. The van der Waals surface area contributed by atoms with Gasteiger partial charge in [0.05, 0.1) is 0 Å². The van der Waals surface area contributed by atoms with Crippen LogP contribution >= 0.6 is 11.1 Å². The average molecular weight is 175 g/mol. The highest BCUT2D eigenvalue weighted by Crippen LogP contribution is 2.34. The second kappa shape index (κ2) is 3.10. The van der Waals surface area contributed by atoms with Gasteiger partial charge in [0.25, 0.3) is 0 Å². The van der Waals surface area contributed by atoms with Gasteiger partial charge in [-0.05, 0) is 24.8 Å². The maximum absolute atomic E-state index is 6.30. The summed E-state index contributed by atoms with van der Waals surface area (Å²) < 4.78 is 0.